The minimum absolute atomic E-state index is 0.983. The Labute approximate surface area is 135 Å². The van der Waals surface area contributed by atoms with E-state index in [1.54, 1.807) is 0 Å². The normalized spacial score (nSPS) is 11.6. The van der Waals surface area contributed by atoms with Crippen LogP contribution in [0.2, 0.25) is 0 Å². The predicted octanol–water partition coefficient (Wildman–Crippen LogP) is 4.47. The lowest BCUT2D eigenvalue weighted by Crippen LogP contribution is -1.97. The lowest BCUT2D eigenvalue weighted by molar-refractivity contribution is 0.861. The molecule has 2 aromatic heterocycles. The summed E-state index contributed by atoms with van der Waals surface area (Å²) in [5.41, 5.74) is 6.65. The summed E-state index contributed by atoms with van der Waals surface area (Å²) in [4.78, 5) is 12.9. The third kappa shape index (κ3) is 2.22. The molecule has 0 atom stereocenters. The average molecular weight is 304 g/mol. The van der Waals surface area contributed by atoms with Crippen LogP contribution in [0.5, 0.6) is 0 Å². The molecule has 2 heterocycles. The van der Waals surface area contributed by atoms with Crippen molar-refractivity contribution in [2.24, 2.45) is 0 Å². The molecular formula is C19H20N4. The maximum atomic E-state index is 4.73. The van der Waals surface area contributed by atoms with E-state index >= 15 is 0 Å². The van der Waals surface area contributed by atoms with Gasteiger partial charge in [0.05, 0.1) is 22.1 Å². The molecule has 0 saturated heterocycles. The molecule has 2 aromatic carbocycles. The lowest BCUT2D eigenvalue weighted by Gasteiger charge is -2.08. The second kappa shape index (κ2) is 5.23. The van der Waals surface area contributed by atoms with Gasteiger partial charge < -0.3 is 4.98 Å². The first-order valence-corrected chi connectivity index (χ1v) is 8.11. The fourth-order valence-electron chi connectivity index (χ4n) is 3.28. The zero-order valence-corrected chi connectivity index (χ0v) is 13.7. The quantitative estimate of drug-likeness (QED) is 0.607. The zero-order valence-electron chi connectivity index (χ0n) is 13.7. The van der Waals surface area contributed by atoms with Gasteiger partial charge in [-0.25, -0.2) is 9.97 Å². The van der Waals surface area contributed by atoms with Gasteiger partial charge >= 0.3 is 0 Å². The molecule has 0 bridgehead atoms. The van der Waals surface area contributed by atoms with Crippen LogP contribution in [0.4, 0.5) is 0 Å². The maximum Gasteiger partial charge on any atom is 0.111 e. The highest BCUT2D eigenvalue weighted by Gasteiger charge is 2.12. The number of aromatic nitrogens is 4. The summed E-state index contributed by atoms with van der Waals surface area (Å²) in [5.74, 6) is 2.06. The van der Waals surface area contributed by atoms with Crippen molar-refractivity contribution in [3.05, 3.63) is 53.6 Å². The van der Waals surface area contributed by atoms with E-state index in [9.17, 15) is 0 Å². The molecule has 4 aromatic rings. The molecule has 0 amide bonds. The van der Waals surface area contributed by atoms with Crippen LogP contribution in [0.3, 0.4) is 0 Å². The van der Waals surface area contributed by atoms with Crippen LogP contribution in [-0.2, 0) is 6.42 Å². The summed E-state index contributed by atoms with van der Waals surface area (Å²) in [7, 11) is 0. The van der Waals surface area contributed by atoms with E-state index < -0.39 is 0 Å². The number of hydrogen-bond acceptors (Lipinski definition) is 2. The Kier molecular flexibility index (Phi) is 3.18. The molecule has 0 aliphatic carbocycles. The van der Waals surface area contributed by atoms with Crippen LogP contribution in [0.1, 0.15) is 30.6 Å². The standard InChI is InChI=1S/C19H20N4/c1-4-7-18-21-16-11-14(10-12(2)19(16)22-18)23-13(3)20-15-8-5-6-9-17(15)23/h5-6,8-11H,4,7H2,1-3H3,(H,21,22). The molecule has 0 saturated carbocycles. The van der Waals surface area contributed by atoms with E-state index in [0.29, 0.717) is 0 Å². The number of aryl methyl sites for hydroxylation is 3. The van der Waals surface area contributed by atoms with Crippen LogP contribution < -0.4 is 0 Å². The van der Waals surface area contributed by atoms with Gasteiger partial charge in [0.2, 0.25) is 0 Å². The monoisotopic (exact) mass is 304 g/mol. The fourth-order valence-corrected chi connectivity index (χ4v) is 3.28. The van der Waals surface area contributed by atoms with Crippen LogP contribution in [0, 0.1) is 13.8 Å². The van der Waals surface area contributed by atoms with Gasteiger partial charge in [-0.15, -0.1) is 0 Å². The van der Waals surface area contributed by atoms with Gasteiger partial charge in [-0.2, -0.15) is 0 Å². The number of hydrogen-bond donors (Lipinski definition) is 1. The Morgan fingerprint density at radius 1 is 1.09 bits per heavy atom. The van der Waals surface area contributed by atoms with Gasteiger partial charge in [-0.1, -0.05) is 19.1 Å². The fraction of sp³-hybridized carbons (Fsp3) is 0.263. The van der Waals surface area contributed by atoms with Crippen LogP contribution in [0.25, 0.3) is 27.8 Å². The highest BCUT2D eigenvalue weighted by atomic mass is 15.1. The average Bonchev–Trinajstić information content (AvgIpc) is 3.07. The largest absolute Gasteiger partial charge is 0.342 e. The SMILES string of the molecule is CCCc1nc2c(C)cc(-n3c(C)nc4ccccc43)cc2[nH]1. The molecule has 116 valence electrons. The smallest absolute Gasteiger partial charge is 0.111 e. The summed E-state index contributed by atoms with van der Waals surface area (Å²) in [6.45, 7) is 6.35. The van der Waals surface area contributed by atoms with E-state index in [2.05, 4.69) is 65.6 Å². The number of aromatic amines is 1. The van der Waals surface area contributed by atoms with Crippen molar-refractivity contribution in [1.82, 2.24) is 19.5 Å². The number of H-pyrrole nitrogens is 1. The van der Waals surface area contributed by atoms with Gasteiger partial charge in [0, 0.05) is 12.1 Å². The van der Waals surface area contributed by atoms with Crippen molar-refractivity contribution in [3.8, 4) is 5.69 Å². The predicted molar refractivity (Wildman–Crippen MR) is 94.2 cm³/mol. The Morgan fingerprint density at radius 2 is 1.91 bits per heavy atom. The van der Waals surface area contributed by atoms with Gasteiger partial charge in [0.1, 0.15) is 11.6 Å². The highest BCUT2D eigenvalue weighted by Crippen LogP contribution is 2.26. The number of nitrogens with zero attached hydrogens (tertiary/aromatic N) is 3. The number of rotatable bonds is 3. The number of benzene rings is 2. The molecular weight excluding hydrogens is 284 g/mol. The Bertz CT molecular complexity index is 1010. The third-order valence-corrected chi connectivity index (χ3v) is 4.28. The first-order chi connectivity index (χ1) is 11.2. The van der Waals surface area contributed by atoms with Crippen molar-refractivity contribution in [3.63, 3.8) is 0 Å². The molecule has 0 spiro atoms. The van der Waals surface area contributed by atoms with Crippen LogP contribution in [0.15, 0.2) is 36.4 Å². The van der Waals surface area contributed by atoms with Crippen molar-refractivity contribution in [1.29, 1.82) is 0 Å². The molecule has 1 N–H and O–H groups in total. The van der Waals surface area contributed by atoms with Crippen molar-refractivity contribution < 1.29 is 0 Å². The van der Waals surface area contributed by atoms with E-state index in [4.69, 9.17) is 4.98 Å². The van der Waals surface area contributed by atoms with Crippen LogP contribution >= 0.6 is 0 Å². The van der Waals surface area contributed by atoms with E-state index in [-0.39, 0.29) is 0 Å². The second-order valence-electron chi connectivity index (χ2n) is 6.08. The summed E-state index contributed by atoms with van der Waals surface area (Å²) in [6, 6.07) is 12.6. The molecule has 0 aliphatic rings. The molecule has 0 aliphatic heterocycles. The molecule has 4 heteroatoms. The highest BCUT2D eigenvalue weighted by molar-refractivity contribution is 5.84. The first-order valence-electron chi connectivity index (χ1n) is 8.11. The molecule has 0 unspecified atom stereocenters. The maximum absolute atomic E-state index is 4.73. The van der Waals surface area contributed by atoms with E-state index in [0.717, 1.165) is 52.2 Å². The van der Waals surface area contributed by atoms with Gasteiger partial charge in [0.15, 0.2) is 0 Å². The molecule has 0 radical (unpaired) electrons. The summed E-state index contributed by atoms with van der Waals surface area (Å²) < 4.78 is 2.21. The van der Waals surface area contributed by atoms with E-state index in [1.807, 2.05) is 6.07 Å². The summed E-state index contributed by atoms with van der Waals surface area (Å²) in [5, 5.41) is 0. The minimum Gasteiger partial charge on any atom is -0.342 e. The number of nitrogens with one attached hydrogen (secondary N) is 1. The Hall–Kier alpha value is -2.62. The third-order valence-electron chi connectivity index (χ3n) is 4.28. The molecule has 23 heavy (non-hydrogen) atoms. The van der Waals surface area contributed by atoms with Gasteiger partial charge in [-0.3, -0.25) is 4.57 Å². The van der Waals surface area contributed by atoms with E-state index in [1.165, 1.54) is 5.56 Å². The zero-order chi connectivity index (χ0) is 16.0. The number of fused-ring (bicyclic) bond motifs is 2. The lowest BCUT2D eigenvalue weighted by atomic mass is 10.1. The first kappa shape index (κ1) is 14.0. The Balaban J connectivity index is 1.96. The summed E-state index contributed by atoms with van der Waals surface area (Å²) >= 11 is 0. The molecule has 0 fully saturated rings. The van der Waals surface area contributed by atoms with Gasteiger partial charge in [-0.05, 0) is 50.1 Å². The van der Waals surface area contributed by atoms with Gasteiger partial charge in [0.25, 0.3) is 0 Å². The summed E-state index contributed by atoms with van der Waals surface area (Å²) in [6.07, 6.45) is 2.08. The second-order valence-corrected chi connectivity index (χ2v) is 6.08. The van der Waals surface area contributed by atoms with Crippen LogP contribution in [-0.4, -0.2) is 19.5 Å². The topological polar surface area (TPSA) is 46.5 Å². The molecule has 4 rings (SSSR count). The van der Waals surface area contributed by atoms with Crippen molar-refractivity contribution in [2.75, 3.05) is 0 Å². The van der Waals surface area contributed by atoms with Crippen molar-refractivity contribution in [2.45, 2.75) is 33.6 Å². The molecule has 4 nitrogen and oxygen atoms in total. The Morgan fingerprint density at radius 3 is 2.74 bits per heavy atom. The number of imidazole rings is 2. The van der Waals surface area contributed by atoms with Crippen molar-refractivity contribution >= 4 is 22.1 Å². The number of para-hydroxylation sites is 2. The minimum atomic E-state index is 0.983.